The smallest absolute Gasteiger partial charge is 0.408 e. The molecule has 6 N–H and O–H groups in total. The lowest BCUT2D eigenvalue weighted by Crippen LogP contribution is -2.55. The van der Waals surface area contributed by atoms with Gasteiger partial charge in [-0.25, -0.2) is 4.79 Å². The van der Waals surface area contributed by atoms with Crippen LogP contribution in [0.5, 0.6) is 0 Å². The summed E-state index contributed by atoms with van der Waals surface area (Å²) in [6.07, 6.45) is -0.782. The van der Waals surface area contributed by atoms with E-state index in [9.17, 15) is 19.2 Å². The van der Waals surface area contributed by atoms with Gasteiger partial charge in [-0.1, -0.05) is 30.3 Å². The van der Waals surface area contributed by atoms with Gasteiger partial charge < -0.3 is 35.8 Å². The molecule has 1 rings (SSSR count). The minimum atomic E-state index is -2.34. The second kappa shape index (κ2) is 12.8. The van der Waals surface area contributed by atoms with Crippen molar-refractivity contribution in [3.63, 3.8) is 0 Å². The molecular weight excluding hydrogens is 427 g/mol. The van der Waals surface area contributed by atoms with E-state index in [1.165, 1.54) is 27.7 Å². The zero-order chi connectivity index (χ0) is 23.6. The van der Waals surface area contributed by atoms with Gasteiger partial charge >= 0.3 is 6.09 Å². The van der Waals surface area contributed by atoms with Gasteiger partial charge in [0.05, 0.1) is 5.78 Å². The monoisotopic (exact) mass is 456 g/mol. The summed E-state index contributed by atoms with van der Waals surface area (Å²) in [6.45, 7) is 5.73. The quantitative estimate of drug-likeness (QED) is 0.271. The number of nitrogens with one attached hydrogen (secondary N) is 4. The Morgan fingerprint density at radius 3 is 1.74 bits per heavy atom. The van der Waals surface area contributed by atoms with E-state index in [0.29, 0.717) is 0 Å². The molecule has 31 heavy (non-hydrogen) atoms. The van der Waals surface area contributed by atoms with Gasteiger partial charge in [-0.2, -0.15) is 0 Å². The SMILES string of the molecule is C[C@H](NC(=O)OCc1ccccc1)C(=O)N[C@@H](C)C(=O)N[C@@H](C)C(=O)N[C@@H](C)P(O)O. The van der Waals surface area contributed by atoms with Gasteiger partial charge in [-0.05, 0) is 33.3 Å². The Hall–Kier alpha value is -2.75. The number of rotatable bonds is 10. The van der Waals surface area contributed by atoms with E-state index in [2.05, 4.69) is 21.3 Å². The van der Waals surface area contributed by atoms with Crippen LogP contribution in [-0.4, -0.2) is 57.5 Å². The van der Waals surface area contributed by atoms with Crippen LogP contribution in [0.15, 0.2) is 30.3 Å². The maximum atomic E-state index is 12.2. The zero-order valence-corrected chi connectivity index (χ0v) is 18.7. The molecular formula is C19H29N4O7P. The number of alkyl carbamates (subject to hydrolysis) is 1. The van der Waals surface area contributed by atoms with Crippen molar-refractivity contribution in [3.05, 3.63) is 35.9 Å². The summed E-state index contributed by atoms with van der Waals surface area (Å²) in [4.78, 5) is 66.3. The molecule has 0 unspecified atom stereocenters. The molecule has 4 amide bonds. The topological polar surface area (TPSA) is 166 Å². The van der Waals surface area contributed by atoms with Crippen molar-refractivity contribution in [2.45, 2.75) is 58.2 Å². The predicted octanol–water partition coefficient (Wildman–Crippen LogP) is 0.0694. The Morgan fingerprint density at radius 2 is 1.26 bits per heavy atom. The second-order valence-electron chi connectivity index (χ2n) is 6.89. The standard InChI is InChI=1S/C19H29N4O7P/c1-11(16(24)21-12(2)18(26)23-14(4)31(28)29)20-17(25)13(3)22-19(27)30-10-15-8-6-5-7-9-15/h5-9,11-14,28-29H,10H2,1-4H3,(H,20,25)(H,21,24)(H,22,27)(H,23,26)/t11-,12-,13-,14+/m0/s1. The first-order valence-corrected chi connectivity index (χ1v) is 10.9. The van der Waals surface area contributed by atoms with Crippen molar-refractivity contribution in [2.75, 3.05) is 0 Å². The summed E-state index contributed by atoms with van der Waals surface area (Å²) in [5.41, 5.74) is 0.794. The van der Waals surface area contributed by atoms with Crippen molar-refractivity contribution >= 4 is 32.2 Å². The van der Waals surface area contributed by atoms with Gasteiger partial charge in [-0.15, -0.1) is 0 Å². The van der Waals surface area contributed by atoms with Crippen molar-refractivity contribution in [2.24, 2.45) is 0 Å². The molecule has 12 heteroatoms. The van der Waals surface area contributed by atoms with Crippen LogP contribution in [0, 0.1) is 0 Å². The van der Waals surface area contributed by atoms with Crippen LogP contribution in [0.2, 0.25) is 0 Å². The molecule has 0 radical (unpaired) electrons. The highest BCUT2D eigenvalue weighted by molar-refractivity contribution is 7.45. The van der Waals surface area contributed by atoms with E-state index in [4.69, 9.17) is 14.5 Å². The Labute approximate surface area is 181 Å². The largest absolute Gasteiger partial charge is 0.445 e. The van der Waals surface area contributed by atoms with Crippen molar-refractivity contribution in [1.29, 1.82) is 0 Å². The third-order valence-corrected chi connectivity index (χ3v) is 4.96. The van der Waals surface area contributed by atoms with Gasteiger partial charge in [0.1, 0.15) is 24.7 Å². The number of carbonyl (C=O) groups is 4. The molecule has 4 atom stereocenters. The van der Waals surface area contributed by atoms with Gasteiger partial charge in [0, 0.05) is 0 Å². The number of benzene rings is 1. The van der Waals surface area contributed by atoms with Crippen LogP contribution in [0.1, 0.15) is 33.3 Å². The molecule has 0 aromatic heterocycles. The third kappa shape index (κ3) is 9.73. The van der Waals surface area contributed by atoms with E-state index in [-0.39, 0.29) is 6.61 Å². The lowest BCUT2D eigenvalue weighted by Gasteiger charge is -2.22. The first-order valence-electron chi connectivity index (χ1n) is 9.56. The second-order valence-corrected chi connectivity index (χ2v) is 8.31. The summed E-state index contributed by atoms with van der Waals surface area (Å²) < 4.78 is 5.04. The highest BCUT2D eigenvalue weighted by Gasteiger charge is 2.25. The highest BCUT2D eigenvalue weighted by Crippen LogP contribution is 2.28. The molecule has 1 aromatic rings. The van der Waals surface area contributed by atoms with Crippen LogP contribution in [0.3, 0.4) is 0 Å². The van der Waals surface area contributed by atoms with Gasteiger partial charge in [0.25, 0.3) is 0 Å². The normalized spacial score (nSPS) is 14.5. The van der Waals surface area contributed by atoms with E-state index in [1.807, 2.05) is 6.07 Å². The predicted molar refractivity (Wildman–Crippen MR) is 113 cm³/mol. The lowest BCUT2D eigenvalue weighted by molar-refractivity contribution is -0.131. The van der Waals surface area contributed by atoms with E-state index < -0.39 is 56.1 Å². The molecule has 11 nitrogen and oxygen atoms in total. The summed E-state index contributed by atoms with van der Waals surface area (Å²) in [7, 11) is -2.34. The van der Waals surface area contributed by atoms with E-state index >= 15 is 0 Å². The summed E-state index contributed by atoms with van der Waals surface area (Å²) in [5, 5.41) is 9.57. The lowest BCUT2D eigenvalue weighted by atomic mass is 10.2. The van der Waals surface area contributed by atoms with E-state index in [0.717, 1.165) is 5.56 Å². The molecule has 172 valence electrons. The first-order chi connectivity index (χ1) is 14.5. The average Bonchev–Trinajstić information content (AvgIpc) is 2.72. The van der Waals surface area contributed by atoms with Crippen LogP contribution in [0.4, 0.5) is 4.79 Å². The number of hydrogen-bond donors (Lipinski definition) is 6. The molecule has 0 aliphatic heterocycles. The fraction of sp³-hybridized carbons (Fsp3) is 0.474. The van der Waals surface area contributed by atoms with Crippen molar-refractivity contribution in [1.82, 2.24) is 21.3 Å². The van der Waals surface area contributed by atoms with E-state index in [1.54, 1.807) is 24.3 Å². The van der Waals surface area contributed by atoms with Crippen molar-refractivity contribution < 1.29 is 33.7 Å². The van der Waals surface area contributed by atoms with Crippen LogP contribution in [0.25, 0.3) is 0 Å². The van der Waals surface area contributed by atoms with Gasteiger partial charge in [0.2, 0.25) is 17.7 Å². The van der Waals surface area contributed by atoms with Crippen LogP contribution in [-0.2, 0) is 25.7 Å². The fourth-order valence-corrected chi connectivity index (χ4v) is 2.45. The maximum Gasteiger partial charge on any atom is 0.408 e. The Bertz CT molecular complexity index is 763. The number of hydrogen-bond acceptors (Lipinski definition) is 7. The number of ether oxygens (including phenoxy) is 1. The minimum absolute atomic E-state index is 0.0485. The summed E-state index contributed by atoms with van der Waals surface area (Å²) in [6, 6.07) is 6.11. The molecule has 0 fully saturated rings. The molecule has 0 spiro atoms. The Kier molecular flexibility index (Phi) is 10.9. The molecule has 0 aliphatic rings. The fourth-order valence-electron chi connectivity index (χ4n) is 2.20. The highest BCUT2D eigenvalue weighted by atomic mass is 31.2. The molecule has 0 heterocycles. The molecule has 0 aliphatic carbocycles. The van der Waals surface area contributed by atoms with Gasteiger partial charge in [0.15, 0.2) is 8.38 Å². The molecule has 0 saturated heterocycles. The number of carbonyl (C=O) groups excluding carboxylic acids is 4. The first kappa shape index (κ1) is 26.3. The van der Waals surface area contributed by atoms with Gasteiger partial charge in [-0.3, -0.25) is 14.4 Å². The molecule has 1 aromatic carbocycles. The summed E-state index contributed by atoms with van der Waals surface area (Å²) in [5.74, 6) is -2.70. The Balaban J connectivity index is 2.42. The van der Waals surface area contributed by atoms with Crippen LogP contribution < -0.4 is 21.3 Å². The summed E-state index contributed by atoms with van der Waals surface area (Å²) >= 11 is 0. The number of amides is 4. The molecule has 0 saturated carbocycles. The molecule has 0 bridgehead atoms. The average molecular weight is 456 g/mol. The third-order valence-electron chi connectivity index (χ3n) is 4.14. The zero-order valence-electron chi connectivity index (χ0n) is 17.8. The van der Waals surface area contributed by atoms with Crippen molar-refractivity contribution in [3.8, 4) is 0 Å². The Morgan fingerprint density at radius 1 is 0.806 bits per heavy atom. The van der Waals surface area contributed by atoms with Crippen LogP contribution >= 0.6 is 8.38 Å². The maximum absolute atomic E-state index is 12.2. The minimum Gasteiger partial charge on any atom is -0.445 e.